The van der Waals surface area contributed by atoms with Crippen molar-refractivity contribution in [2.75, 3.05) is 13.1 Å². The van der Waals surface area contributed by atoms with Crippen molar-refractivity contribution in [1.82, 2.24) is 10.2 Å². The van der Waals surface area contributed by atoms with Crippen molar-refractivity contribution < 1.29 is 14.7 Å². The van der Waals surface area contributed by atoms with Gasteiger partial charge in [-0.05, 0) is 114 Å². The number of carbonyl (C=O) groups excluding carboxylic acids is 1. The van der Waals surface area contributed by atoms with Gasteiger partial charge in [-0.1, -0.05) is 24.3 Å². The van der Waals surface area contributed by atoms with E-state index in [1.54, 1.807) is 0 Å². The summed E-state index contributed by atoms with van der Waals surface area (Å²) in [6.45, 7) is 7.99. The first-order chi connectivity index (χ1) is 15.2. The number of aryl methyl sites for hydroxylation is 1. The molecule has 5 heteroatoms. The number of carboxylic acids is 1. The summed E-state index contributed by atoms with van der Waals surface area (Å²) in [5.74, 6) is 1.24. The van der Waals surface area contributed by atoms with Crippen LogP contribution in [0, 0.1) is 30.1 Å². The van der Waals surface area contributed by atoms with E-state index in [9.17, 15) is 14.7 Å². The lowest BCUT2D eigenvalue weighted by Crippen LogP contribution is -2.68. The predicted octanol–water partition coefficient (Wildman–Crippen LogP) is 4.35. The van der Waals surface area contributed by atoms with Crippen molar-refractivity contribution in [2.45, 2.75) is 83.2 Å². The molecule has 5 nitrogen and oxygen atoms in total. The van der Waals surface area contributed by atoms with E-state index in [0.717, 1.165) is 51.6 Å². The normalized spacial score (nSPS) is 35.1. The molecule has 4 saturated carbocycles. The van der Waals surface area contributed by atoms with Gasteiger partial charge in [0.25, 0.3) is 0 Å². The lowest BCUT2D eigenvalue weighted by Gasteiger charge is -2.59. The maximum absolute atomic E-state index is 13.6. The molecule has 5 aliphatic rings. The minimum absolute atomic E-state index is 0.00457. The summed E-state index contributed by atoms with van der Waals surface area (Å²) in [6.07, 6.45) is 6.93. The average molecular weight is 439 g/mol. The largest absolute Gasteiger partial charge is 0.481 e. The molecule has 1 saturated heterocycles. The number of hydrogen-bond acceptors (Lipinski definition) is 3. The molecule has 4 aliphatic carbocycles. The van der Waals surface area contributed by atoms with Crippen molar-refractivity contribution in [3.05, 3.63) is 35.4 Å². The van der Waals surface area contributed by atoms with Gasteiger partial charge in [0, 0.05) is 6.04 Å². The van der Waals surface area contributed by atoms with E-state index in [-0.39, 0.29) is 11.9 Å². The molecule has 0 aromatic heterocycles. The first kappa shape index (κ1) is 21.9. The summed E-state index contributed by atoms with van der Waals surface area (Å²) in [5.41, 5.74) is 1.40. The standard InChI is InChI=1S/C27H38N2O3/c1-17-6-4-5-7-22(17)20-8-10-29(11-9-20)26(2,3)24(30)28-23-21-13-18-12-19(14-21)16-27(23,15-18)25(31)32/h4-7,18-21,23H,8-16H2,1-3H3,(H,28,30)(H,31,32). The first-order valence-corrected chi connectivity index (χ1v) is 12.6. The zero-order valence-electron chi connectivity index (χ0n) is 19.8. The van der Waals surface area contributed by atoms with E-state index >= 15 is 0 Å². The average Bonchev–Trinajstić information content (AvgIpc) is 2.76. The van der Waals surface area contributed by atoms with E-state index in [4.69, 9.17) is 0 Å². The van der Waals surface area contributed by atoms with Crippen LogP contribution < -0.4 is 5.32 Å². The van der Waals surface area contributed by atoms with Crippen LogP contribution in [-0.2, 0) is 9.59 Å². The second kappa shape index (κ2) is 7.86. The van der Waals surface area contributed by atoms with E-state index in [1.807, 2.05) is 13.8 Å². The van der Waals surface area contributed by atoms with Gasteiger partial charge in [0.05, 0.1) is 11.0 Å². The highest BCUT2D eigenvalue weighted by Gasteiger charge is 2.61. The van der Waals surface area contributed by atoms with Gasteiger partial charge in [-0.15, -0.1) is 0 Å². The second-order valence-corrected chi connectivity index (χ2v) is 11.7. The quantitative estimate of drug-likeness (QED) is 0.717. The lowest BCUT2D eigenvalue weighted by atomic mass is 9.47. The number of aliphatic carboxylic acids is 1. The zero-order valence-corrected chi connectivity index (χ0v) is 19.8. The van der Waals surface area contributed by atoms with Crippen molar-refractivity contribution in [1.29, 1.82) is 0 Å². The smallest absolute Gasteiger partial charge is 0.311 e. The monoisotopic (exact) mass is 438 g/mol. The minimum atomic E-state index is -0.752. The number of likely N-dealkylation sites (tertiary alicyclic amines) is 1. The molecule has 1 heterocycles. The van der Waals surface area contributed by atoms with Crippen molar-refractivity contribution in [3.63, 3.8) is 0 Å². The summed E-state index contributed by atoms with van der Waals surface area (Å²) in [5, 5.41) is 13.5. The van der Waals surface area contributed by atoms with Crippen molar-refractivity contribution >= 4 is 11.9 Å². The highest BCUT2D eigenvalue weighted by molar-refractivity contribution is 5.87. The molecular formula is C27H38N2O3. The summed E-state index contributed by atoms with van der Waals surface area (Å²) >= 11 is 0. The van der Waals surface area contributed by atoms with Crippen molar-refractivity contribution in [3.8, 4) is 0 Å². The number of benzene rings is 1. The van der Waals surface area contributed by atoms with Gasteiger partial charge in [0.1, 0.15) is 0 Å². The Labute approximate surface area is 191 Å². The Morgan fingerprint density at radius 1 is 1.06 bits per heavy atom. The summed E-state index contributed by atoms with van der Waals surface area (Å²) < 4.78 is 0. The van der Waals surface area contributed by atoms with E-state index in [1.165, 1.54) is 17.5 Å². The molecule has 174 valence electrons. The highest BCUT2D eigenvalue weighted by atomic mass is 16.4. The van der Waals surface area contributed by atoms with Gasteiger partial charge < -0.3 is 10.4 Å². The third-order valence-electron chi connectivity index (χ3n) is 9.49. The van der Waals surface area contributed by atoms with Crippen LogP contribution in [0.2, 0.25) is 0 Å². The summed E-state index contributed by atoms with van der Waals surface area (Å²) in [6, 6.07) is 8.42. The summed E-state index contributed by atoms with van der Waals surface area (Å²) in [4.78, 5) is 28.3. The fourth-order valence-corrected chi connectivity index (χ4v) is 7.86. The molecule has 3 atom stereocenters. The molecule has 1 amide bonds. The van der Waals surface area contributed by atoms with Crippen LogP contribution in [0.3, 0.4) is 0 Å². The van der Waals surface area contributed by atoms with Gasteiger partial charge in [-0.2, -0.15) is 0 Å². The van der Waals surface area contributed by atoms with Crippen LogP contribution in [0.15, 0.2) is 24.3 Å². The fraction of sp³-hybridized carbons (Fsp3) is 0.704. The van der Waals surface area contributed by atoms with Crippen LogP contribution in [0.25, 0.3) is 0 Å². The molecule has 2 N–H and O–H groups in total. The minimum Gasteiger partial charge on any atom is -0.481 e. The molecule has 6 rings (SSSR count). The molecule has 1 aromatic rings. The third-order valence-corrected chi connectivity index (χ3v) is 9.49. The van der Waals surface area contributed by atoms with Gasteiger partial charge in [0.15, 0.2) is 0 Å². The maximum atomic E-state index is 13.6. The number of hydrogen-bond donors (Lipinski definition) is 2. The number of rotatable bonds is 5. The summed E-state index contributed by atoms with van der Waals surface area (Å²) in [7, 11) is 0. The third kappa shape index (κ3) is 3.48. The van der Waals surface area contributed by atoms with Crippen LogP contribution >= 0.6 is 0 Å². The Balaban J connectivity index is 1.27. The molecule has 0 radical (unpaired) electrons. The van der Waals surface area contributed by atoms with Crippen LogP contribution in [0.1, 0.15) is 75.8 Å². The Morgan fingerprint density at radius 3 is 2.28 bits per heavy atom. The molecule has 5 fully saturated rings. The van der Waals surface area contributed by atoms with Crippen molar-refractivity contribution in [2.24, 2.45) is 23.2 Å². The van der Waals surface area contributed by atoms with Gasteiger partial charge >= 0.3 is 5.97 Å². The topological polar surface area (TPSA) is 69.6 Å². The molecular weight excluding hydrogens is 400 g/mol. The lowest BCUT2D eigenvalue weighted by molar-refractivity contribution is -0.172. The van der Waals surface area contributed by atoms with Gasteiger partial charge in [0.2, 0.25) is 5.91 Å². The molecule has 32 heavy (non-hydrogen) atoms. The SMILES string of the molecule is Cc1ccccc1C1CCN(C(C)(C)C(=O)NC2C3CC4CC(C3)CC2(C(=O)O)C4)CC1. The van der Waals surface area contributed by atoms with Gasteiger partial charge in [-0.3, -0.25) is 14.5 Å². The highest BCUT2D eigenvalue weighted by Crippen LogP contribution is 2.60. The Morgan fingerprint density at radius 2 is 1.69 bits per heavy atom. The Hall–Kier alpha value is -1.88. The Bertz CT molecular complexity index is 888. The van der Waals surface area contributed by atoms with Crippen LogP contribution in [0.5, 0.6) is 0 Å². The van der Waals surface area contributed by atoms with E-state index in [2.05, 4.69) is 41.4 Å². The molecule has 1 aliphatic heterocycles. The second-order valence-electron chi connectivity index (χ2n) is 11.7. The number of carboxylic acid groups (broad SMARTS) is 1. The zero-order chi connectivity index (χ0) is 22.7. The van der Waals surface area contributed by atoms with Gasteiger partial charge in [-0.25, -0.2) is 0 Å². The molecule has 1 aromatic carbocycles. The fourth-order valence-electron chi connectivity index (χ4n) is 7.86. The van der Waals surface area contributed by atoms with Crippen LogP contribution in [-0.4, -0.2) is 46.6 Å². The maximum Gasteiger partial charge on any atom is 0.311 e. The molecule has 4 bridgehead atoms. The number of piperidine rings is 1. The first-order valence-electron chi connectivity index (χ1n) is 12.6. The predicted molar refractivity (Wildman–Crippen MR) is 124 cm³/mol. The van der Waals surface area contributed by atoms with Crippen LogP contribution in [0.4, 0.5) is 0 Å². The Kier molecular flexibility index (Phi) is 5.39. The molecule has 0 spiro atoms. The molecule has 3 unspecified atom stereocenters. The number of nitrogens with zero attached hydrogens (tertiary/aromatic N) is 1. The number of nitrogens with one attached hydrogen (secondary N) is 1. The van der Waals surface area contributed by atoms with E-state index < -0.39 is 16.9 Å². The number of carbonyl (C=O) groups is 2. The number of amides is 1. The van der Waals surface area contributed by atoms with E-state index in [0.29, 0.717) is 23.7 Å².